The smallest absolute Gasteiger partial charge is 0.321 e. The first-order valence-corrected chi connectivity index (χ1v) is 7.12. The van der Waals surface area contributed by atoms with E-state index in [2.05, 4.69) is 0 Å². The maximum Gasteiger partial charge on any atom is 0.321 e. The number of rotatable bonds is 4. The lowest BCUT2D eigenvalue weighted by atomic mass is 9.99. The Kier molecular flexibility index (Phi) is 6.87. The second kappa shape index (κ2) is 8.40. The largest absolute Gasteiger partial charge is 0.480 e. The van der Waals surface area contributed by atoms with Gasteiger partial charge in [-0.1, -0.05) is 12.1 Å². The third-order valence-electron chi connectivity index (χ3n) is 3.74. The molecular formula is C16H19ClN2O3. The van der Waals surface area contributed by atoms with Gasteiger partial charge in [0, 0.05) is 18.7 Å². The minimum atomic E-state index is -1.12. The van der Waals surface area contributed by atoms with Crippen molar-refractivity contribution in [1.29, 1.82) is 5.26 Å². The van der Waals surface area contributed by atoms with Gasteiger partial charge in [-0.15, -0.1) is 12.4 Å². The van der Waals surface area contributed by atoms with Crippen LogP contribution in [0.2, 0.25) is 0 Å². The fraction of sp³-hybridized carbons (Fsp3) is 0.438. The molecule has 0 radical (unpaired) electrons. The van der Waals surface area contributed by atoms with Gasteiger partial charge >= 0.3 is 5.97 Å². The Hall–Kier alpha value is -2.06. The molecule has 0 bridgehead atoms. The molecule has 0 aromatic heterocycles. The van der Waals surface area contributed by atoms with Crippen LogP contribution in [0.5, 0.6) is 0 Å². The maximum absolute atomic E-state index is 12.3. The number of carbonyl (C=O) groups excluding carboxylic acids is 1. The lowest BCUT2D eigenvalue weighted by Crippen LogP contribution is -2.35. The van der Waals surface area contributed by atoms with E-state index < -0.39 is 11.9 Å². The first-order chi connectivity index (χ1) is 10.1. The summed E-state index contributed by atoms with van der Waals surface area (Å²) in [4.78, 5) is 25.0. The van der Waals surface area contributed by atoms with Gasteiger partial charge in [-0.25, -0.2) is 0 Å². The fourth-order valence-electron chi connectivity index (χ4n) is 2.49. The van der Waals surface area contributed by atoms with Gasteiger partial charge in [0.05, 0.1) is 6.07 Å². The lowest BCUT2D eigenvalue weighted by molar-refractivity contribution is -0.139. The topological polar surface area (TPSA) is 81.4 Å². The number of carboxylic acid groups (broad SMARTS) is 1. The summed E-state index contributed by atoms with van der Waals surface area (Å²) in [5.74, 6) is -2.14. The van der Waals surface area contributed by atoms with Crippen LogP contribution in [-0.2, 0) is 11.2 Å². The fourth-order valence-corrected chi connectivity index (χ4v) is 2.49. The van der Waals surface area contributed by atoms with E-state index >= 15 is 0 Å². The van der Waals surface area contributed by atoms with E-state index in [0.717, 1.165) is 31.5 Å². The summed E-state index contributed by atoms with van der Waals surface area (Å²) in [6.07, 6.45) is 3.43. The summed E-state index contributed by atoms with van der Waals surface area (Å²) in [5.41, 5.74) is 1.36. The van der Waals surface area contributed by atoms with Crippen LogP contribution < -0.4 is 0 Å². The Morgan fingerprint density at radius 3 is 2.27 bits per heavy atom. The number of halogens is 1. The molecule has 1 saturated heterocycles. The molecule has 118 valence electrons. The Morgan fingerprint density at radius 2 is 1.77 bits per heavy atom. The Bertz CT molecular complexity index is 560. The van der Waals surface area contributed by atoms with Crippen molar-refractivity contribution in [3.63, 3.8) is 0 Å². The minimum absolute atomic E-state index is 0. The molecule has 1 aliphatic rings. The molecule has 1 unspecified atom stereocenters. The van der Waals surface area contributed by atoms with Crippen molar-refractivity contribution in [3.8, 4) is 6.07 Å². The highest BCUT2D eigenvalue weighted by Crippen LogP contribution is 2.15. The van der Waals surface area contributed by atoms with Crippen molar-refractivity contribution >= 4 is 24.3 Å². The summed E-state index contributed by atoms with van der Waals surface area (Å²) in [6.45, 7) is 1.60. The predicted octanol–water partition coefficient (Wildman–Crippen LogP) is 2.50. The van der Waals surface area contributed by atoms with Crippen LogP contribution in [0, 0.1) is 17.2 Å². The molecule has 1 amide bonds. The third-order valence-corrected chi connectivity index (χ3v) is 3.74. The lowest BCUT2D eigenvalue weighted by Gasteiger charge is -2.26. The van der Waals surface area contributed by atoms with Gasteiger partial charge in [0.15, 0.2) is 0 Å². The van der Waals surface area contributed by atoms with Gasteiger partial charge in [0.25, 0.3) is 5.91 Å². The number of benzene rings is 1. The van der Waals surface area contributed by atoms with Crippen molar-refractivity contribution in [1.82, 2.24) is 4.90 Å². The SMILES string of the molecule is Cl.N#CC(Cc1ccc(C(=O)N2CCCCC2)cc1)C(=O)O. The first kappa shape index (κ1) is 18.0. The van der Waals surface area contributed by atoms with E-state index in [-0.39, 0.29) is 24.7 Å². The summed E-state index contributed by atoms with van der Waals surface area (Å²) in [6, 6.07) is 8.64. The van der Waals surface area contributed by atoms with Crippen LogP contribution in [0.25, 0.3) is 0 Å². The van der Waals surface area contributed by atoms with Crippen LogP contribution in [0.3, 0.4) is 0 Å². The zero-order valence-corrected chi connectivity index (χ0v) is 13.0. The molecule has 1 aromatic rings. The van der Waals surface area contributed by atoms with E-state index in [1.165, 1.54) is 6.42 Å². The summed E-state index contributed by atoms with van der Waals surface area (Å²) in [5, 5.41) is 17.6. The summed E-state index contributed by atoms with van der Waals surface area (Å²) < 4.78 is 0. The van der Waals surface area contributed by atoms with Gasteiger partial charge in [-0.05, 0) is 43.4 Å². The highest BCUT2D eigenvalue weighted by atomic mass is 35.5. The van der Waals surface area contributed by atoms with Crippen LogP contribution in [0.15, 0.2) is 24.3 Å². The molecule has 1 atom stereocenters. The second-order valence-corrected chi connectivity index (χ2v) is 5.27. The van der Waals surface area contributed by atoms with Crippen LogP contribution >= 0.6 is 12.4 Å². The normalized spacial score (nSPS) is 15.3. The molecule has 1 aromatic carbocycles. The van der Waals surface area contributed by atoms with Crippen molar-refractivity contribution < 1.29 is 14.7 Å². The minimum Gasteiger partial charge on any atom is -0.480 e. The summed E-state index contributed by atoms with van der Waals surface area (Å²) >= 11 is 0. The van der Waals surface area contributed by atoms with E-state index in [0.29, 0.717) is 5.56 Å². The number of nitrogens with zero attached hydrogens (tertiary/aromatic N) is 2. The number of aliphatic carboxylic acids is 1. The molecule has 5 nitrogen and oxygen atoms in total. The molecule has 6 heteroatoms. The first-order valence-electron chi connectivity index (χ1n) is 7.12. The molecule has 1 aliphatic heterocycles. The second-order valence-electron chi connectivity index (χ2n) is 5.27. The number of carbonyl (C=O) groups is 2. The molecule has 1 fully saturated rings. The number of nitriles is 1. The average Bonchev–Trinajstić information content (AvgIpc) is 2.53. The molecule has 22 heavy (non-hydrogen) atoms. The molecule has 0 saturated carbocycles. The monoisotopic (exact) mass is 322 g/mol. The Morgan fingerprint density at radius 1 is 1.18 bits per heavy atom. The van der Waals surface area contributed by atoms with Gasteiger partial charge < -0.3 is 10.0 Å². The standard InChI is InChI=1S/C16H18N2O3.ClH/c17-11-14(16(20)21)10-12-4-6-13(7-5-12)15(19)18-8-2-1-3-9-18;/h4-7,14H,1-3,8-10H2,(H,20,21);1H. The number of amides is 1. The summed E-state index contributed by atoms with van der Waals surface area (Å²) in [7, 11) is 0. The van der Waals surface area contributed by atoms with Crippen molar-refractivity contribution in [2.75, 3.05) is 13.1 Å². The van der Waals surface area contributed by atoms with Crippen molar-refractivity contribution in [3.05, 3.63) is 35.4 Å². The van der Waals surface area contributed by atoms with Crippen LogP contribution in [-0.4, -0.2) is 35.0 Å². The van der Waals surface area contributed by atoms with Gasteiger partial charge in [0.2, 0.25) is 0 Å². The number of likely N-dealkylation sites (tertiary alicyclic amines) is 1. The molecule has 1 N–H and O–H groups in total. The quantitative estimate of drug-likeness (QED) is 0.923. The van der Waals surface area contributed by atoms with Crippen LogP contribution in [0.4, 0.5) is 0 Å². The van der Waals surface area contributed by atoms with Gasteiger partial charge in [-0.2, -0.15) is 5.26 Å². The van der Waals surface area contributed by atoms with Gasteiger partial charge in [0.1, 0.15) is 5.92 Å². The molecule has 0 spiro atoms. The Labute approximate surface area is 135 Å². The number of carboxylic acids is 1. The zero-order valence-electron chi connectivity index (χ0n) is 12.2. The van der Waals surface area contributed by atoms with Gasteiger partial charge in [-0.3, -0.25) is 9.59 Å². The molecular weight excluding hydrogens is 304 g/mol. The average molecular weight is 323 g/mol. The van der Waals surface area contributed by atoms with E-state index in [1.807, 2.05) is 4.90 Å². The number of piperidine rings is 1. The van der Waals surface area contributed by atoms with Crippen molar-refractivity contribution in [2.45, 2.75) is 25.7 Å². The molecule has 1 heterocycles. The molecule has 0 aliphatic carbocycles. The van der Waals surface area contributed by atoms with Crippen LogP contribution in [0.1, 0.15) is 35.2 Å². The number of hydrogen-bond donors (Lipinski definition) is 1. The highest BCUT2D eigenvalue weighted by molar-refractivity contribution is 5.94. The third kappa shape index (κ3) is 4.47. The van der Waals surface area contributed by atoms with E-state index in [9.17, 15) is 9.59 Å². The highest BCUT2D eigenvalue weighted by Gasteiger charge is 2.19. The Balaban J connectivity index is 0.00000242. The predicted molar refractivity (Wildman–Crippen MR) is 83.9 cm³/mol. The molecule has 2 rings (SSSR count). The van der Waals surface area contributed by atoms with Crippen molar-refractivity contribution in [2.24, 2.45) is 5.92 Å². The van der Waals surface area contributed by atoms with E-state index in [4.69, 9.17) is 10.4 Å². The zero-order chi connectivity index (χ0) is 15.2. The number of hydrogen-bond acceptors (Lipinski definition) is 3. The van der Waals surface area contributed by atoms with E-state index in [1.54, 1.807) is 30.3 Å². The maximum atomic E-state index is 12.3.